The zero-order chi connectivity index (χ0) is 8.97. The molecule has 0 N–H and O–H groups in total. The molecule has 0 amide bonds. The molecule has 0 aromatic carbocycles. The second-order valence-electron chi connectivity index (χ2n) is 3.09. The van der Waals surface area contributed by atoms with Gasteiger partial charge in [-0.25, -0.2) is 0 Å². The number of hydrogen-bond donors (Lipinski definition) is 0. The van der Waals surface area contributed by atoms with E-state index in [1.54, 1.807) is 10.6 Å². The van der Waals surface area contributed by atoms with Crippen molar-refractivity contribution in [3.05, 3.63) is 34.2 Å². The number of rotatable bonds is 3. The van der Waals surface area contributed by atoms with Crippen molar-refractivity contribution in [3.8, 4) is 0 Å². The van der Waals surface area contributed by atoms with Crippen LogP contribution in [0.2, 0.25) is 0 Å². The van der Waals surface area contributed by atoms with Crippen LogP contribution in [0.5, 0.6) is 0 Å². The minimum Gasteiger partial charge on any atom is -0.316 e. The Morgan fingerprint density at radius 2 is 2.25 bits per heavy atom. The zero-order valence-electron chi connectivity index (χ0n) is 7.71. The topological polar surface area (TPSA) is 22.0 Å². The Morgan fingerprint density at radius 1 is 1.50 bits per heavy atom. The maximum atomic E-state index is 11.3. The second-order valence-corrected chi connectivity index (χ2v) is 3.09. The molecule has 0 aliphatic heterocycles. The molecule has 1 heterocycles. The summed E-state index contributed by atoms with van der Waals surface area (Å²) < 4.78 is 1.76. The molecule has 0 aliphatic rings. The third-order valence-corrected chi connectivity index (χ3v) is 1.90. The molecule has 0 aliphatic carbocycles. The maximum Gasteiger partial charge on any atom is 0.250 e. The van der Waals surface area contributed by atoms with Gasteiger partial charge in [0.15, 0.2) is 0 Å². The number of nitrogens with zero attached hydrogens (tertiary/aromatic N) is 1. The molecule has 0 bridgehead atoms. The molecular formula is C10H15NO. The Labute approximate surface area is 72.8 Å². The van der Waals surface area contributed by atoms with Crippen LogP contribution in [-0.2, 0) is 6.54 Å². The fourth-order valence-corrected chi connectivity index (χ4v) is 1.12. The molecule has 1 aromatic heterocycles. The summed E-state index contributed by atoms with van der Waals surface area (Å²) in [7, 11) is 0. The summed E-state index contributed by atoms with van der Waals surface area (Å²) in [5.41, 5.74) is 1.15. The van der Waals surface area contributed by atoms with Crippen LogP contribution in [0.4, 0.5) is 0 Å². The molecule has 0 saturated carbocycles. The Hall–Kier alpha value is -1.05. The molecule has 66 valence electrons. The van der Waals surface area contributed by atoms with Crippen LogP contribution >= 0.6 is 0 Å². The molecule has 0 atom stereocenters. The molecule has 2 nitrogen and oxygen atoms in total. The first-order chi connectivity index (χ1) is 5.74. The van der Waals surface area contributed by atoms with Crippen molar-refractivity contribution in [3.63, 3.8) is 0 Å². The molecule has 2 heteroatoms. The van der Waals surface area contributed by atoms with Gasteiger partial charge in [0.25, 0.3) is 5.56 Å². The predicted octanol–water partition coefficient (Wildman–Crippen LogP) is 1.96. The van der Waals surface area contributed by atoms with Crippen LogP contribution in [0.3, 0.4) is 0 Å². The fraction of sp³-hybridized carbons (Fsp3) is 0.500. The first-order valence-electron chi connectivity index (χ1n) is 4.41. The lowest BCUT2D eigenvalue weighted by Gasteiger charge is -2.03. The van der Waals surface area contributed by atoms with E-state index >= 15 is 0 Å². The van der Waals surface area contributed by atoms with E-state index in [2.05, 4.69) is 6.92 Å². The normalized spacial score (nSPS) is 10.2. The largest absolute Gasteiger partial charge is 0.316 e. The molecule has 0 fully saturated rings. The molecule has 0 radical (unpaired) electrons. The number of hydrogen-bond acceptors (Lipinski definition) is 1. The van der Waals surface area contributed by atoms with Gasteiger partial charge in [-0.15, -0.1) is 0 Å². The third-order valence-electron chi connectivity index (χ3n) is 1.90. The van der Waals surface area contributed by atoms with Crippen molar-refractivity contribution < 1.29 is 0 Å². The Bertz CT molecular complexity index is 301. The zero-order valence-corrected chi connectivity index (χ0v) is 7.71. The van der Waals surface area contributed by atoms with E-state index in [1.807, 2.05) is 19.2 Å². The lowest BCUT2D eigenvalue weighted by atomic mass is 10.3. The van der Waals surface area contributed by atoms with Gasteiger partial charge in [-0.3, -0.25) is 4.79 Å². The van der Waals surface area contributed by atoms with E-state index in [0.29, 0.717) is 0 Å². The first-order valence-corrected chi connectivity index (χ1v) is 4.41. The quantitative estimate of drug-likeness (QED) is 0.671. The molecule has 0 spiro atoms. The van der Waals surface area contributed by atoms with Gasteiger partial charge >= 0.3 is 0 Å². The number of aromatic nitrogens is 1. The van der Waals surface area contributed by atoms with Gasteiger partial charge in [0.05, 0.1) is 0 Å². The molecular weight excluding hydrogens is 150 g/mol. The molecule has 1 aromatic rings. The van der Waals surface area contributed by atoms with E-state index < -0.39 is 0 Å². The summed E-state index contributed by atoms with van der Waals surface area (Å²) in [6.45, 7) is 4.90. The average molecular weight is 165 g/mol. The minimum absolute atomic E-state index is 0.114. The lowest BCUT2D eigenvalue weighted by molar-refractivity contribution is 0.612. The van der Waals surface area contributed by atoms with Crippen LogP contribution in [0.15, 0.2) is 23.1 Å². The average Bonchev–Trinajstić information content (AvgIpc) is 2.03. The van der Waals surface area contributed by atoms with E-state index in [4.69, 9.17) is 0 Å². The smallest absolute Gasteiger partial charge is 0.250 e. The van der Waals surface area contributed by atoms with Crippen LogP contribution in [0.25, 0.3) is 0 Å². The Kier molecular flexibility index (Phi) is 3.09. The fourth-order valence-electron chi connectivity index (χ4n) is 1.12. The first kappa shape index (κ1) is 9.04. The summed E-state index contributed by atoms with van der Waals surface area (Å²) in [5, 5.41) is 0. The van der Waals surface area contributed by atoms with Crippen molar-refractivity contribution in [2.45, 2.75) is 33.2 Å². The summed E-state index contributed by atoms with van der Waals surface area (Å²) in [4.78, 5) is 11.3. The predicted molar refractivity (Wildman–Crippen MR) is 50.3 cm³/mol. The highest BCUT2D eigenvalue weighted by Crippen LogP contribution is 1.94. The van der Waals surface area contributed by atoms with Crippen molar-refractivity contribution in [2.75, 3.05) is 0 Å². The van der Waals surface area contributed by atoms with Crippen LogP contribution in [0, 0.1) is 6.92 Å². The van der Waals surface area contributed by atoms with Crippen LogP contribution < -0.4 is 5.56 Å². The maximum absolute atomic E-state index is 11.3. The summed E-state index contributed by atoms with van der Waals surface area (Å²) >= 11 is 0. The summed E-state index contributed by atoms with van der Waals surface area (Å²) in [5.74, 6) is 0. The van der Waals surface area contributed by atoms with Crippen molar-refractivity contribution >= 4 is 0 Å². The van der Waals surface area contributed by atoms with Gasteiger partial charge in [0.2, 0.25) is 0 Å². The summed E-state index contributed by atoms with van der Waals surface area (Å²) in [6.07, 6.45) is 4.07. The van der Waals surface area contributed by atoms with Crippen molar-refractivity contribution in [2.24, 2.45) is 0 Å². The molecule has 1 rings (SSSR count). The summed E-state index contributed by atoms with van der Waals surface area (Å²) in [6, 6.07) is 3.65. The second kappa shape index (κ2) is 4.10. The SMILES string of the molecule is CCCCn1ccc(C)cc1=O. The van der Waals surface area contributed by atoms with Crippen LogP contribution in [0.1, 0.15) is 25.3 Å². The van der Waals surface area contributed by atoms with Gasteiger partial charge in [-0.1, -0.05) is 13.3 Å². The van der Waals surface area contributed by atoms with Crippen LogP contribution in [-0.4, -0.2) is 4.57 Å². The van der Waals surface area contributed by atoms with Gasteiger partial charge in [0.1, 0.15) is 0 Å². The minimum atomic E-state index is 0.114. The number of unbranched alkanes of at least 4 members (excludes halogenated alkanes) is 1. The lowest BCUT2D eigenvalue weighted by Crippen LogP contribution is -2.18. The van der Waals surface area contributed by atoms with Crippen molar-refractivity contribution in [1.29, 1.82) is 0 Å². The van der Waals surface area contributed by atoms with Gasteiger partial charge < -0.3 is 4.57 Å². The highest BCUT2D eigenvalue weighted by Gasteiger charge is 1.93. The highest BCUT2D eigenvalue weighted by atomic mass is 16.1. The van der Waals surface area contributed by atoms with E-state index in [-0.39, 0.29) is 5.56 Å². The van der Waals surface area contributed by atoms with Gasteiger partial charge in [0, 0.05) is 18.8 Å². The third kappa shape index (κ3) is 2.22. The molecule has 12 heavy (non-hydrogen) atoms. The molecule has 0 saturated heterocycles. The van der Waals surface area contributed by atoms with Crippen molar-refractivity contribution in [1.82, 2.24) is 4.57 Å². The number of pyridine rings is 1. The van der Waals surface area contributed by atoms with Gasteiger partial charge in [-0.05, 0) is 25.0 Å². The van der Waals surface area contributed by atoms with E-state index in [0.717, 1.165) is 24.9 Å². The standard InChI is InChI=1S/C10H15NO/c1-3-4-6-11-7-5-9(2)8-10(11)12/h5,7-8H,3-4,6H2,1-2H3. The van der Waals surface area contributed by atoms with E-state index in [1.165, 1.54) is 0 Å². The number of aryl methyl sites for hydroxylation is 2. The highest BCUT2D eigenvalue weighted by molar-refractivity contribution is 5.07. The Morgan fingerprint density at radius 3 is 2.83 bits per heavy atom. The molecule has 0 unspecified atom stereocenters. The Balaban J connectivity index is 2.80. The monoisotopic (exact) mass is 165 g/mol. The van der Waals surface area contributed by atoms with E-state index in [9.17, 15) is 4.79 Å². The van der Waals surface area contributed by atoms with Gasteiger partial charge in [-0.2, -0.15) is 0 Å².